The molecule has 0 aliphatic heterocycles. The highest BCUT2D eigenvalue weighted by Gasteiger charge is 2.72. The highest BCUT2D eigenvalue weighted by molar-refractivity contribution is 7.90. The number of aromatic nitrogens is 2. The van der Waals surface area contributed by atoms with Gasteiger partial charge in [0.25, 0.3) is 10.0 Å². The zero-order valence-corrected chi connectivity index (χ0v) is 20.1. The molecule has 1 unspecified atom stereocenters. The number of rotatable bonds is 7. The van der Waals surface area contributed by atoms with Crippen molar-refractivity contribution in [2.45, 2.75) is 55.2 Å². The van der Waals surface area contributed by atoms with E-state index in [2.05, 4.69) is 10.3 Å². The first-order valence-electron chi connectivity index (χ1n) is 10.8. The van der Waals surface area contributed by atoms with Crippen LogP contribution in [0.15, 0.2) is 47.6 Å². The van der Waals surface area contributed by atoms with Crippen molar-refractivity contribution in [3.63, 3.8) is 0 Å². The van der Waals surface area contributed by atoms with E-state index in [1.807, 2.05) is 13.8 Å². The molecular weight excluding hydrogens is 462 g/mol. The first-order valence-corrected chi connectivity index (χ1v) is 13.8. The molecule has 2 aromatic heterocycles. The van der Waals surface area contributed by atoms with Gasteiger partial charge in [-0.1, -0.05) is 24.6 Å². The van der Waals surface area contributed by atoms with Crippen LogP contribution in [0.2, 0.25) is 0 Å². The minimum Gasteiger partial charge on any atom is -0.396 e. The first kappa shape index (κ1) is 22.2. The van der Waals surface area contributed by atoms with E-state index >= 15 is 0 Å². The van der Waals surface area contributed by atoms with Gasteiger partial charge in [0, 0.05) is 17.1 Å². The molecule has 0 spiro atoms. The smallest absolute Gasteiger partial charge is 0.269 e. The molecule has 0 radical (unpaired) electrons. The van der Waals surface area contributed by atoms with Gasteiger partial charge < -0.3 is 11.1 Å². The zero-order chi connectivity index (χ0) is 23.8. The van der Waals surface area contributed by atoms with Crippen LogP contribution < -0.4 is 16.2 Å². The Hall–Kier alpha value is -2.63. The van der Waals surface area contributed by atoms with Gasteiger partial charge in [-0.05, 0) is 56.2 Å². The van der Waals surface area contributed by atoms with Crippen molar-refractivity contribution in [1.82, 2.24) is 8.96 Å². The third-order valence-corrected chi connectivity index (χ3v) is 10.5. The number of hydrogen-bond acceptors (Lipinski definition) is 7. The van der Waals surface area contributed by atoms with E-state index in [9.17, 15) is 16.8 Å². The lowest BCUT2D eigenvalue weighted by Gasteiger charge is -2.73. The number of nitrogens with one attached hydrogen (secondary N) is 1. The predicted molar refractivity (Wildman–Crippen MR) is 128 cm³/mol. The minimum atomic E-state index is -3.83. The number of sulfonamides is 1. The van der Waals surface area contributed by atoms with Crippen molar-refractivity contribution < 1.29 is 16.8 Å². The summed E-state index contributed by atoms with van der Waals surface area (Å²) in [5.74, 6) is 0. The van der Waals surface area contributed by atoms with Crippen LogP contribution in [0.25, 0.3) is 11.0 Å². The Bertz CT molecular complexity index is 1460. The molecule has 11 heteroatoms. The van der Waals surface area contributed by atoms with Gasteiger partial charge in [0.05, 0.1) is 27.7 Å². The van der Waals surface area contributed by atoms with Crippen LogP contribution >= 0.6 is 0 Å². The number of pyridine rings is 1. The number of anilines is 2. The van der Waals surface area contributed by atoms with Crippen LogP contribution in [-0.4, -0.2) is 36.6 Å². The van der Waals surface area contributed by atoms with E-state index in [4.69, 9.17) is 10.9 Å². The number of nitrogens with zero attached hydrogens (tertiary/aromatic N) is 2. The summed E-state index contributed by atoms with van der Waals surface area (Å²) in [6.07, 6.45) is 5.46. The number of nitrogens with two attached hydrogens (primary N) is 2. The molecule has 6 rings (SSSR count). The largest absolute Gasteiger partial charge is 0.396 e. The highest BCUT2D eigenvalue weighted by Crippen LogP contribution is 2.71. The quantitative estimate of drug-likeness (QED) is 0.461. The molecule has 2 bridgehead atoms. The van der Waals surface area contributed by atoms with Gasteiger partial charge in [0.1, 0.15) is 0 Å². The summed E-state index contributed by atoms with van der Waals surface area (Å²) in [5.41, 5.74) is 7.94. The first-order chi connectivity index (χ1) is 15.4. The summed E-state index contributed by atoms with van der Waals surface area (Å²) in [4.78, 5) is 4.48. The molecule has 0 amide bonds. The molecular formula is C22H27N5O4S2. The van der Waals surface area contributed by atoms with Gasteiger partial charge in [-0.25, -0.2) is 30.9 Å². The summed E-state index contributed by atoms with van der Waals surface area (Å²) in [6, 6.07) is 8.34. The number of fused-ring (bicyclic) bond motifs is 1. The van der Waals surface area contributed by atoms with Gasteiger partial charge in [0.15, 0.2) is 5.65 Å². The Morgan fingerprint density at radius 1 is 1.12 bits per heavy atom. The van der Waals surface area contributed by atoms with Crippen LogP contribution in [0.5, 0.6) is 0 Å². The van der Waals surface area contributed by atoms with E-state index in [0.29, 0.717) is 42.4 Å². The maximum absolute atomic E-state index is 13.2. The SMILES string of the molecule is CCC(C12CC(Nc3c(N)cnc4c3ccn4S(=O)(=O)c3ccc(C)cc3)(C1)C2)S(N)(=O)=O. The van der Waals surface area contributed by atoms with Gasteiger partial charge in [-0.15, -0.1) is 0 Å². The topological polar surface area (TPSA) is 150 Å². The molecule has 1 atom stereocenters. The number of aryl methyl sites for hydroxylation is 1. The normalized spacial score (nSPS) is 25.3. The second-order valence-electron chi connectivity index (χ2n) is 9.54. The average molecular weight is 490 g/mol. The maximum atomic E-state index is 13.2. The van der Waals surface area contributed by atoms with Crippen molar-refractivity contribution >= 4 is 42.5 Å². The third-order valence-electron chi connectivity index (χ3n) is 7.20. The molecule has 3 saturated carbocycles. The molecule has 2 heterocycles. The van der Waals surface area contributed by atoms with Crippen LogP contribution in [0.3, 0.4) is 0 Å². The van der Waals surface area contributed by atoms with E-state index in [1.54, 1.807) is 30.3 Å². The van der Waals surface area contributed by atoms with Crippen LogP contribution in [0.4, 0.5) is 11.4 Å². The van der Waals surface area contributed by atoms with E-state index in [0.717, 1.165) is 9.54 Å². The Morgan fingerprint density at radius 2 is 1.76 bits per heavy atom. The Morgan fingerprint density at radius 3 is 2.33 bits per heavy atom. The highest BCUT2D eigenvalue weighted by atomic mass is 32.2. The van der Waals surface area contributed by atoms with Crippen LogP contribution in [-0.2, 0) is 20.0 Å². The lowest BCUT2D eigenvalue weighted by molar-refractivity contribution is -0.118. The fourth-order valence-corrected chi connectivity index (χ4v) is 8.57. The fourth-order valence-electron chi connectivity index (χ4n) is 5.86. The molecule has 176 valence electrons. The standard InChI is InChI=1S/C22H27N5O4S2/c1-3-18(32(24,28)29)21-11-22(12-21,13-21)26-19-16-8-9-27(20(16)25-10-17(19)23)33(30,31)15-6-4-14(2)5-7-15/h4-10,18H,3,11-13,23H2,1-2H3,(H,25,26)(H2,24,28,29). The third kappa shape index (κ3) is 3.24. The molecule has 33 heavy (non-hydrogen) atoms. The second-order valence-corrected chi connectivity index (χ2v) is 13.1. The summed E-state index contributed by atoms with van der Waals surface area (Å²) >= 11 is 0. The summed E-state index contributed by atoms with van der Waals surface area (Å²) in [5, 5.41) is 9.01. The monoisotopic (exact) mass is 489 g/mol. The van der Waals surface area contributed by atoms with Crippen molar-refractivity contribution in [2.75, 3.05) is 11.1 Å². The van der Waals surface area contributed by atoms with E-state index in [-0.39, 0.29) is 21.5 Å². The average Bonchev–Trinajstić information content (AvgIpc) is 3.11. The number of primary sulfonamides is 1. The van der Waals surface area contributed by atoms with Gasteiger partial charge in [0.2, 0.25) is 10.0 Å². The summed E-state index contributed by atoms with van der Waals surface area (Å²) < 4.78 is 51.6. The Kier molecular flexibility index (Phi) is 4.66. The van der Waals surface area contributed by atoms with Crippen molar-refractivity contribution in [3.05, 3.63) is 48.3 Å². The fraction of sp³-hybridized carbons (Fsp3) is 0.409. The number of benzene rings is 1. The summed E-state index contributed by atoms with van der Waals surface area (Å²) in [6.45, 7) is 3.74. The molecule has 3 aliphatic rings. The molecule has 1 aromatic carbocycles. The molecule has 3 aliphatic carbocycles. The van der Waals surface area contributed by atoms with Crippen LogP contribution in [0.1, 0.15) is 38.2 Å². The summed E-state index contributed by atoms with van der Waals surface area (Å²) in [7, 11) is -7.44. The van der Waals surface area contributed by atoms with E-state index in [1.165, 1.54) is 12.4 Å². The second kappa shape index (κ2) is 6.94. The van der Waals surface area contributed by atoms with Crippen molar-refractivity contribution in [1.29, 1.82) is 0 Å². The van der Waals surface area contributed by atoms with Gasteiger partial charge >= 0.3 is 0 Å². The lowest BCUT2D eigenvalue weighted by Crippen LogP contribution is -2.75. The lowest BCUT2D eigenvalue weighted by atomic mass is 9.38. The van der Waals surface area contributed by atoms with Gasteiger partial charge in [-0.2, -0.15) is 0 Å². The Labute approximate surface area is 193 Å². The van der Waals surface area contributed by atoms with Crippen molar-refractivity contribution in [2.24, 2.45) is 10.6 Å². The molecule has 0 saturated heterocycles. The Balaban J connectivity index is 1.47. The molecule has 5 N–H and O–H groups in total. The predicted octanol–water partition coefficient (Wildman–Crippen LogP) is 2.57. The minimum absolute atomic E-state index is 0.175. The molecule has 9 nitrogen and oxygen atoms in total. The molecule has 3 aromatic rings. The zero-order valence-electron chi connectivity index (χ0n) is 18.4. The number of hydrogen-bond donors (Lipinski definition) is 3. The van der Waals surface area contributed by atoms with Crippen LogP contribution in [0, 0.1) is 12.3 Å². The number of nitrogen functional groups attached to an aromatic ring is 1. The maximum Gasteiger partial charge on any atom is 0.269 e. The molecule has 3 fully saturated rings. The van der Waals surface area contributed by atoms with E-state index < -0.39 is 25.3 Å². The van der Waals surface area contributed by atoms with Gasteiger partial charge in [-0.3, -0.25) is 0 Å². The van der Waals surface area contributed by atoms with Crippen molar-refractivity contribution in [3.8, 4) is 0 Å².